The fraction of sp³-hybridized carbons (Fsp3) is 0.368. The molecule has 27 heavy (non-hydrogen) atoms. The highest BCUT2D eigenvalue weighted by Gasteiger charge is 2.28. The first kappa shape index (κ1) is 18.6. The molecule has 0 unspecified atom stereocenters. The van der Waals surface area contributed by atoms with Crippen molar-refractivity contribution in [2.75, 3.05) is 18.4 Å². The Hall–Kier alpha value is -3.16. The molecule has 0 aliphatic carbocycles. The molecule has 3 rings (SSSR count). The van der Waals surface area contributed by atoms with E-state index in [0.29, 0.717) is 24.3 Å². The minimum Gasteiger partial charge on any atom is -0.368 e. The predicted molar refractivity (Wildman–Crippen MR) is 100 cm³/mol. The topological polar surface area (TPSA) is 110 Å². The maximum atomic E-state index is 12.9. The van der Waals surface area contributed by atoms with Gasteiger partial charge in [0.2, 0.25) is 11.8 Å². The highest BCUT2D eigenvalue weighted by Crippen LogP contribution is 2.27. The number of nitrogens with one attached hydrogen (secondary N) is 1. The molecule has 1 aliphatic rings. The Morgan fingerprint density at radius 3 is 2.89 bits per heavy atom. The number of nitrogens with two attached hydrogens (primary N) is 1. The van der Waals surface area contributed by atoms with Crippen LogP contribution in [-0.4, -0.2) is 45.3 Å². The Kier molecular flexibility index (Phi) is 5.54. The number of anilines is 1. The van der Waals surface area contributed by atoms with Crippen molar-refractivity contribution in [1.82, 2.24) is 14.5 Å². The average Bonchev–Trinajstić information content (AvgIpc) is 3.08. The van der Waals surface area contributed by atoms with Crippen molar-refractivity contribution in [3.05, 3.63) is 48.0 Å². The van der Waals surface area contributed by atoms with Gasteiger partial charge in [0, 0.05) is 49.6 Å². The second kappa shape index (κ2) is 8.03. The third-order valence-corrected chi connectivity index (χ3v) is 4.58. The SMILES string of the molecule is CC(=O)Nc1cccc(C(=O)N2CCC[C@H](c3nccn3CC(N)=O)C2)c1. The molecule has 0 saturated carbocycles. The number of nitrogens with zero attached hydrogens (tertiary/aromatic N) is 3. The lowest BCUT2D eigenvalue weighted by atomic mass is 9.96. The molecule has 8 heteroatoms. The Morgan fingerprint density at radius 1 is 1.33 bits per heavy atom. The van der Waals surface area contributed by atoms with Crippen molar-refractivity contribution in [3.8, 4) is 0 Å². The maximum absolute atomic E-state index is 12.9. The van der Waals surface area contributed by atoms with Crippen LogP contribution >= 0.6 is 0 Å². The molecule has 1 aromatic carbocycles. The van der Waals surface area contributed by atoms with Crippen LogP contribution in [0.2, 0.25) is 0 Å². The highest BCUT2D eigenvalue weighted by molar-refractivity contribution is 5.96. The van der Waals surface area contributed by atoms with Gasteiger partial charge in [-0.15, -0.1) is 0 Å². The first-order chi connectivity index (χ1) is 12.9. The zero-order valence-corrected chi connectivity index (χ0v) is 15.2. The molecule has 1 aliphatic heterocycles. The lowest BCUT2D eigenvalue weighted by Gasteiger charge is -2.32. The number of primary amides is 1. The van der Waals surface area contributed by atoms with E-state index in [9.17, 15) is 14.4 Å². The molecule has 2 heterocycles. The van der Waals surface area contributed by atoms with Gasteiger partial charge >= 0.3 is 0 Å². The van der Waals surface area contributed by atoms with Crippen LogP contribution in [0.15, 0.2) is 36.7 Å². The molecular weight excluding hydrogens is 346 g/mol. The van der Waals surface area contributed by atoms with Crippen molar-refractivity contribution >= 4 is 23.4 Å². The number of rotatable bonds is 5. The van der Waals surface area contributed by atoms with E-state index >= 15 is 0 Å². The molecule has 3 amide bonds. The van der Waals surface area contributed by atoms with Crippen LogP contribution in [0.4, 0.5) is 5.69 Å². The number of hydrogen-bond acceptors (Lipinski definition) is 4. The number of aromatic nitrogens is 2. The van der Waals surface area contributed by atoms with E-state index in [-0.39, 0.29) is 24.3 Å². The van der Waals surface area contributed by atoms with Gasteiger partial charge < -0.3 is 20.5 Å². The number of carbonyl (C=O) groups excluding carboxylic acids is 3. The molecule has 142 valence electrons. The summed E-state index contributed by atoms with van der Waals surface area (Å²) in [5.41, 5.74) is 6.43. The van der Waals surface area contributed by atoms with Crippen LogP contribution in [0, 0.1) is 0 Å². The van der Waals surface area contributed by atoms with Crippen molar-refractivity contribution in [2.45, 2.75) is 32.2 Å². The summed E-state index contributed by atoms with van der Waals surface area (Å²) in [5.74, 6) is 0.139. The van der Waals surface area contributed by atoms with Crippen LogP contribution in [0.5, 0.6) is 0 Å². The number of amides is 3. The van der Waals surface area contributed by atoms with E-state index in [0.717, 1.165) is 18.7 Å². The second-order valence-corrected chi connectivity index (χ2v) is 6.73. The zero-order valence-electron chi connectivity index (χ0n) is 15.2. The van der Waals surface area contributed by atoms with Gasteiger partial charge in [-0.2, -0.15) is 0 Å². The van der Waals surface area contributed by atoms with Gasteiger partial charge in [0.15, 0.2) is 0 Å². The molecule has 1 atom stereocenters. The van der Waals surface area contributed by atoms with Crippen molar-refractivity contribution in [3.63, 3.8) is 0 Å². The van der Waals surface area contributed by atoms with Crippen LogP contribution in [-0.2, 0) is 16.1 Å². The number of benzene rings is 1. The van der Waals surface area contributed by atoms with Gasteiger partial charge in [0.1, 0.15) is 12.4 Å². The normalized spacial score (nSPS) is 16.8. The van der Waals surface area contributed by atoms with E-state index in [1.807, 2.05) is 0 Å². The molecule has 0 bridgehead atoms. The van der Waals surface area contributed by atoms with Gasteiger partial charge in [-0.05, 0) is 31.0 Å². The number of hydrogen-bond donors (Lipinski definition) is 2. The van der Waals surface area contributed by atoms with E-state index in [1.165, 1.54) is 6.92 Å². The first-order valence-corrected chi connectivity index (χ1v) is 8.90. The average molecular weight is 369 g/mol. The van der Waals surface area contributed by atoms with Crippen LogP contribution in [0.25, 0.3) is 0 Å². The largest absolute Gasteiger partial charge is 0.368 e. The fourth-order valence-corrected chi connectivity index (χ4v) is 3.47. The molecule has 1 aromatic heterocycles. The third-order valence-electron chi connectivity index (χ3n) is 4.58. The summed E-state index contributed by atoms with van der Waals surface area (Å²) < 4.78 is 1.75. The molecule has 1 fully saturated rings. The van der Waals surface area contributed by atoms with Crippen LogP contribution in [0.3, 0.4) is 0 Å². The van der Waals surface area contributed by atoms with Gasteiger partial charge in [-0.3, -0.25) is 14.4 Å². The molecule has 0 radical (unpaired) electrons. The van der Waals surface area contributed by atoms with Crippen LogP contribution in [0.1, 0.15) is 41.9 Å². The molecule has 2 aromatic rings. The minimum absolute atomic E-state index is 0.0515. The number of likely N-dealkylation sites (tertiary alicyclic amines) is 1. The first-order valence-electron chi connectivity index (χ1n) is 8.90. The summed E-state index contributed by atoms with van der Waals surface area (Å²) in [7, 11) is 0. The zero-order chi connectivity index (χ0) is 19.4. The van der Waals surface area contributed by atoms with Crippen molar-refractivity contribution in [2.24, 2.45) is 5.73 Å². The smallest absolute Gasteiger partial charge is 0.253 e. The summed E-state index contributed by atoms with van der Waals surface area (Å²) in [6.07, 6.45) is 5.13. The van der Waals surface area contributed by atoms with Crippen molar-refractivity contribution in [1.29, 1.82) is 0 Å². The summed E-state index contributed by atoms with van der Waals surface area (Å²) in [6, 6.07) is 6.92. The van der Waals surface area contributed by atoms with E-state index in [1.54, 1.807) is 46.1 Å². The highest BCUT2D eigenvalue weighted by atomic mass is 16.2. The van der Waals surface area contributed by atoms with E-state index in [4.69, 9.17) is 5.73 Å². The Balaban J connectivity index is 1.74. The number of carbonyl (C=O) groups is 3. The lowest BCUT2D eigenvalue weighted by molar-refractivity contribution is -0.118. The summed E-state index contributed by atoms with van der Waals surface area (Å²) >= 11 is 0. The fourth-order valence-electron chi connectivity index (χ4n) is 3.47. The van der Waals surface area contributed by atoms with Crippen molar-refractivity contribution < 1.29 is 14.4 Å². The predicted octanol–water partition coefficient (Wildman–Crippen LogP) is 1.35. The molecule has 8 nitrogen and oxygen atoms in total. The second-order valence-electron chi connectivity index (χ2n) is 6.73. The molecule has 1 saturated heterocycles. The number of piperidine rings is 1. The standard InChI is InChI=1S/C19H23N5O3/c1-13(25)22-16-6-2-4-14(10-16)19(27)24-8-3-5-15(11-24)18-21-7-9-23(18)12-17(20)26/h2,4,6-7,9-10,15H,3,5,8,11-12H2,1H3,(H2,20,26)(H,22,25)/t15-/m0/s1. The number of imidazole rings is 1. The molecule has 0 spiro atoms. The Bertz CT molecular complexity index is 861. The van der Waals surface area contributed by atoms with E-state index < -0.39 is 5.91 Å². The molecular formula is C19H23N5O3. The maximum Gasteiger partial charge on any atom is 0.253 e. The Morgan fingerprint density at radius 2 is 2.15 bits per heavy atom. The van der Waals surface area contributed by atoms with Gasteiger partial charge in [-0.1, -0.05) is 6.07 Å². The van der Waals surface area contributed by atoms with Gasteiger partial charge in [0.05, 0.1) is 0 Å². The lowest BCUT2D eigenvalue weighted by Crippen LogP contribution is -2.40. The Labute approximate surface area is 157 Å². The monoisotopic (exact) mass is 369 g/mol. The summed E-state index contributed by atoms with van der Waals surface area (Å²) in [5, 5.41) is 2.69. The summed E-state index contributed by atoms with van der Waals surface area (Å²) in [6.45, 7) is 2.70. The van der Waals surface area contributed by atoms with Crippen LogP contribution < -0.4 is 11.1 Å². The van der Waals surface area contributed by atoms with Gasteiger partial charge in [0.25, 0.3) is 5.91 Å². The third kappa shape index (κ3) is 4.52. The quantitative estimate of drug-likeness (QED) is 0.829. The van der Waals surface area contributed by atoms with Gasteiger partial charge in [-0.25, -0.2) is 4.98 Å². The summed E-state index contributed by atoms with van der Waals surface area (Å²) in [4.78, 5) is 41.6. The molecule has 3 N–H and O–H groups in total. The van der Waals surface area contributed by atoms with E-state index in [2.05, 4.69) is 10.3 Å². The minimum atomic E-state index is -0.423.